The Morgan fingerprint density at radius 2 is 1.73 bits per heavy atom. The lowest BCUT2D eigenvalue weighted by Crippen LogP contribution is -2.33. The highest BCUT2D eigenvalue weighted by Gasteiger charge is 2.58. The van der Waals surface area contributed by atoms with E-state index in [1.807, 2.05) is 42.2 Å². The topological polar surface area (TPSA) is 55.6 Å². The molecule has 1 aliphatic rings. The molecule has 1 fully saturated rings. The van der Waals surface area contributed by atoms with Gasteiger partial charge in [-0.2, -0.15) is 0 Å². The molecule has 4 atom stereocenters. The second-order valence-electron chi connectivity index (χ2n) is 5.18. The van der Waals surface area contributed by atoms with Crippen LogP contribution in [0.15, 0.2) is 30.3 Å². The van der Waals surface area contributed by atoms with Gasteiger partial charge in [-0.15, -0.1) is 0 Å². The van der Waals surface area contributed by atoms with Crippen molar-refractivity contribution in [3.05, 3.63) is 35.9 Å². The number of rotatable bonds is 7. The van der Waals surface area contributed by atoms with E-state index in [2.05, 4.69) is 0 Å². The van der Waals surface area contributed by atoms with E-state index < -0.39 is 12.1 Å². The molecule has 1 heterocycles. The van der Waals surface area contributed by atoms with E-state index in [0.29, 0.717) is 19.6 Å². The molecule has 1 aromatic rings. The van der Waals surface area contributed by atoms with Crippen molar-refractivity contribution in [1.82, 2.24) is 4.90 Å². The first kappa shape index (κ1) is 16.5. The summed E-state index contributed by atoms with van der Waals surface area (Å²) in [5.74, 6) is -0.558. The quantitative estimate of drug-likeness (QED) is 0.571. The Balaban J connectivity index is 2.22. The van der Waals surface area contributed by atoms with Crippen LogP contribution in [-0.4, -0.2) is 42.1 Å². The fraction of sp³-hybridized carbons (Fsp3) is 0.529. The zero-order valence-electron chi connectivity index (χ0n) is 13.3. The first-order valence-electron chi connectivity index (χ1n) is 7.81. The van der Waals surface area contributed by atoms with E-state index in [0.717, 1.165) is 5.56 Å². The van der Waals surface area contributed by atoms with Crippen molar-refractivity contribution in [1.29, 1.82) is 0 Å². The van der Waals surface area contributed by atoms with Gasteiger partial charge in [-0.05, 0) is 25.8 Å². The molecule has 1 aromatic carbocycles. The zero-order valence-corrected chi connectivity index (χ0v) is 13.3. The predicted octanol–water partition coefficient (Wildman–Crippen LogP) is 2.32. The molecule has 5 heteroatoms. The summed E-state index contributed by atoms with van der Waals surface area (Å²) in [6.45, 7) is 6.16. The van der Waals surface area contributed by atoms with Gasteiger partial charge in [0.1, 0.15) is 12.1 Å². The molecule has 1 aliphatic heterocycles. The number of benzene rings is 1. The Bertz CT molecular complexity index is 517. The minimum atomic E-state index is -0.417. The number of nitrogens with zero attached hydrogens (tertiary/aromatic N) is 1. The highest BCUT2D eigenvalue weighted by atomic mass is 16.5. The van der Waals surface area contributed by atoms with Gasteiger partial charge in [0, 0.05) is 0 Å². The summed E-state index contributed by atoms with van der Waals surface area (Å²) in [6, 6.07) is 8.78. The molecule has 0 amide bonds. The van der Waals surface area contributed by atoms with Crippen LogP contribution in [-0.2, 0) is 19.1 Å². The fourth-order valence-electron chi connectivity index (χ4n) is 2.86. The standard InChI is InChI=1S/C17H23NO4/c1-4-13(16(19)21-5-2)18-14(12-10-8-7-9-11-12)15(18)17(20)22-6-3/h7-11,13-15H,4-6H2,1-3H3/t13?,14-,15+,18?/m1/s1. The number of ether oxygens (including phenoxy) is 2. The van der Waals surface area contributed by atoms with E-state index in [4.69, 9.17) is 9.47 Å². The maximum Gasteiger partial charge on any atom is 0.325 e. The van der Waals surface area contributed by atoms with Gasteiger partial charge in [0.2, 0.25) is 0 Å². The molecular weight excluding hydrogens is 282 g/mol. The summed E-state index contributed by atoms with van der Waals surface area (Å²) in [5, 5.41) is 0. The van der Waals surface area contributed by atoms with Gasteiger partial charge >= 0.3 is 11.9 Å². The van der Waals surface area contributed by atoms with Crippen molar-refractivity contribution in [2.24, 2.45) is 0 Å². The van der Waals surface area contributed by atoms with Crippen LogP contribution in [0.5, 0.6) is 0 Å². The Hall–Kier alpha value is -1.88. The molecule has 0 saturated carbocycles. The second kappa shape index (κ2) is 7.40. The molecule has 0 bridgehead atoms. The van der Waals surface area contributed by atoms with Crippen molar-refractivity contribution >= 4 is 11.9 Å². The second-order valence-corrected chi connectivity index (χ2v) is 5.18. The van der Waals surface area contributed by atoms with Crippen LogP contribution in [0.4, 0.5) is 0 Å². The first-order valence-corrected chi connectivity index (χ1v) is 7.81. The zero-order chi connectivity index (χ0) is 16.1. The molecule has 5 nitrogen and oxygen atoms in total. The lowest BCUT2D eigenvalue weighted by Gasteiger charge is -2.16. The maximum absolute atomic E-state index is 12.2. The largest absolute Gasteiger partial charge is 0.465 e. The summed E-state index contributed by atoms with van der Waals surface area (Å²) in [6.07, 6.45) is 0.595. The van der Waals surface area contributed by atoms with Gasteiger partial charge in [0.05, 0.1) is 19.3 Å². The van der Waals surface area contributed by atoms with E-state index >= 15 is 0 Å². The average Bonchev–Trinajstić information content (AvgIpc) is 3.25. The average molecular weight is 305 g/mol. The van der Waals surface area contributed by atoms with E-state index in [1.165, 1.54) is 0 Å². The van der Waals surface area contributed by atoms with Crippen LogP contribution in [0.2, 0.25) is 0 Å². The fourth-order valence-corrected chi connectivity index (χ4v) is 2.86. The van der Waals surface area contributed by atoms with Gasteiger partial charge in [0.15, 0.2) is 0 Å². The molecule has 0 aromatic heterocycles. The monoisotopic (exact) mass is 305 g/mol. The van der Waals surface area contributed by atoms with Crippen molar-refractivity contribution in [2.45, 2.75) is 45.3 Å². The van der Waals surface area contributed by atoms with Gasteiger partial charge in [-0.1, -0.05) is 37.3 Å². The van der Waals surface area contributed by atoms with Crippen molar-refractivity contribution in [3.8, 4) is 0 Å². The molecule has 2 unspecified atom stereocenters. The minimum absolute atomic E-state index is 0.116. The molecule has 0 radical (unpaired) electrons. The molecular formula is C17H23NO4. The van der Waals surface area contributed by atoms with Gasteiger partial charge in [0.25, 0.3) is 0 Å². The third-order valence-electron chi connectivity index (χ3n) is 3.83. The third-order valence-corrected chi connectivity index (χ3v) is 3.83. The molecule has 120 valence electrons. The van der Waals surface area contributed by atoms with Crippen LogP contribution in [0.25, 0.3) is 0 Å². The van der Waals surface area contributed by atoms with Crippen LogP contribution < -0.4 is 0 Å². The summed E-state index contributed by atoms with van der Waals surface area (Å²) >= 11 is 0. The Morgan fingerprint density at radius 1 is 1.09 bits per heavy atom. The summed E-state index contributed by atoms with van der Waals surface area (Å²) in [5.41, 5.74) is 1.02. The van der Waals surface area contributed by atoms with Crippen LogP contribution >= 0.6 is 0 Å². The Morgan fingerprint density at radius 3 is 2.27 bits per heavy atom. The molecule has 0 aliphatic carbocycles. The first-order chi connectivity index (χ1) is 10.7. The van der Waals surface area contributed by atoms with Gasteiger partial charge in [-0.25, -0.2) is 0 Å². The Labute approximate surface area is 131 Å². The lowest BCUT2D eigenvalue weighted by molar-refractivity contribution is -0.149. The highest BCUT2D eigenvalue weighted by molar-refractivity contribution is 5.84. The van der Waals surface area contributed by atoms with E-state index in [-0.39, 0.29) is 18.0 Å². The molecule has 0 spiro atoms. The lowest BCUT2D eigenvalue weighted by atomic mass is 10.1. The van der Waals surface area contributed by atoms with Crippen molar-refractivity contribution in [3.63, 3.8) is 0 Å². The number of esters is 2. The van der Waals surface area contributed by atoms with Gasteiger partial charge < -0.3 is 9.47 Å². The van der Waals surface area contributed by atoms with Crippen molar-refractivity contribution in [2.75, 3.05) is 13.2 Å². The minimum Gasteiger partial charge on any atom is -0.465 e. The summed E-state index contributed by atoms with van der Waals surface area (Å²) in [7, 11) is 0. The predicted molar refractivity (Wildman–Crippen MR) is 82.2 cm³/mol. The Kier molecular flexibility index (Phi) is 5.55. The number of hydrogen-bond acceptors (Lipinski definition) is 5. The normalized spacial score (nSPS) is 24.4. The smallest absolute Gasteiger partial charge is 0.325 e. The van der Waals surface area contributed by atoms with Crippen LogP contribution in [0.1, 0.15) is 38.8 Å². The number of carbonyl (C=O) groups excluding carboxylic acids is 2. The van der Waals surface area contributed by atoms with E-state index in [1.54, 1.807) is 13.8 Å². The molecule has 22 heavy (non-hydrogen) atoms. The van der Waals surface area contributed by atoms with Crippen LogP contribution in [0.3, 0.4) is 0 Å². The van der Waals surface area contributed by atoms with Crippen molar-refractivity contribution < 1.29 is 19.1 Å². The van der Waals surface area contributed by atoms with E-state index in [9.17, 15) is 9.59 Å². The molecule has 2 rings (SSSR count). The van der Waals surface area contributed by atoms with Gasteiger partial charge in [-0.3, -0.25) is 14.5 Å². The SMILES string of the molecule is CCOC(=O)C(CC)N1[C@H](C(=O)OCC)[C@H]1c1ccccc1. The third kappa shape index (κ3) is 3.30. The summed E-state index contributed by atoms with van der Waals surface area (Å²) < 4.78 is 10.3. The maximum atomic E-state index is 12.2. The number of carbonyl (C=O) groups is 2. The van der Waals surface area contributed by atoms with Crippen LogP contribution in [0, 0.1) is 0 Å². The summed E-state index contributed by atoms with van der Waals surface area (Å²) in [4.78, 5) is 26.2. The molecule has 0 N–H and O–H groups in total. The highest BCUT2D eigenvalue weighted by Crippen LogP contribution is 2.46. The molecule has 1 saturated heterocycles. The number of hydrogen-bond donors (Lipinski definition) is 0.